The Bertz CT molecular complexity index is 402. The Labute approximate surface area is 107 Å². The highest BCUT2D eigenvalue weighted by Gasteiger charge is 2.26. The highest BCUT2D eigenvalue weighted by Crippen LogP contribution is 2.19. The van der Waals surface area contributed by atoms with Crippen molar-refractivity contribution in [1.82, 2.24) is 4.90 Å². The standard InChI is InChI=1S/C14H19NO3/c1-11-5-7-12(8-6-11)10-18-13-4-2-3-9-15(13)14(16)17/h5-8,13H,2-4,9-10H2,1H3,(H,16,17). The first-order valence-electron chi connectivity index (χ1n) is 6.33. The van der Waals surface area contributed by atoms with Crippen molar-refractivity contribution in [2.75, 3.05) is 6.54 Å². The van der Waals surface area contributed by atoms with Gasteiger partial charge in [-0.3, -0.25) is 4.90 Å². The quantitative estimate of drug-likeness (QED) is 0.895. The molecule has 0 bridgehead atoms. The van der Waals surface area contributed by atoms with E-state index in [0.29, 0.717) is 13.2 Å². The molecule has 4 nitrogen and oxygen atoms in total. The third kappa shape index (κ3) is 3.23. The third-order valence-electron chi connectivity index (χ3n) is 3.26. The first-order valence-corrected chi connectivity index (χ1v) is 6.33. The van der Waals surface area contributed by atoms with Gasteiger partial charge in [0.05, 0.1) is 6.61 Å². The van der Waals surface area contributed by atoms with Crippen molar-refractivity contribution in [3.8, 4) is 0 Å². The zero-order valence-corrected chi connectivity index (χ0v) is 10.6. The first-order chi connectivity index (χ1) is 8.66. The number of nitrogens with zero attached hydrogens (tertiary/aromatic N) is 1. The van der Waals surface area contributed by atoms with Gasteiger partial charge in [0.25, 0.3) is 0 Å². The lowest BCUT2D eigenvalue weighted by Gasteiger charge is -2.33. The summed E-state index contributed by atoms with van der Waals surface area (Å²) < 4.78 is 5.73. The van der Waals surface area contributed by atoms with E-state index in [1.54, 1.807) is 0 Å². The van der Waals surface area contributed by atoms with Crippen LogP contribution in [0.4, 0.5) is 4.79 Å². The normalized spacial score (nSPS) is 19.8. The largest absolute Gasteiger partial charge is 0.465 e. The smallest absolute Gasteiger partial charge is 0.409 e. The molecule has 1 saturated heterocycles. The highest BCUT2D eigenvalue weighted by atomic mass is 16.5. The lowest BCUT2D eigenvalue weighted by Crippen LogP contribution is -2.44. The molecule has 4 heteroatoms. The van der Waals surface area contributed by atoms with Crippen LogP contribution < -0.4 is 0 Å². The van der Waals surface area contributed by atoms with E-state index in [2.05, 4.69) is 0 Å². The average molecular weight is 249 g/mol. The molecule has 2 rings (SSSR count). The van der Waals surface area contributed by atoms with Gasteiger partial charge in [0.2, 0.25) is 0 Å². The van der Waals surface area contributed by atoms with Crippen LogP contribution in [-0.4, -0.2) is 28.9 Å². The predicted molar refractivity (Wildman–Crippen MR) is 68.3 cm³/mol. The van der Waals surface area contributed by atoms with Crippen LogP contribution in [0.25, 0.3) is 0 Å². The second kappa shape index (κ2) is 5.87. The van der Waals surface area contributed by atoms with Crippen LogP contribution in [0.5, 0.6) is 0 Å². The summed E-state index contributed by atoms with van der Waals surface area (Å²) in [5.41, 5.74) is 2.29. The Balaban J connectivity index is 1.91. The summed E-state index contributed by atoms with van der Waals surface area (Å²) in [7, 11) is 0. The number of hydrogen-bond acceptors (Lipinski definition) is 2. The second-order valence-electron chi connectivity index (χ2n) is 4.72. The molecule has 18 heavy (non-hydrogen) atoms. The average Bonchev–Trinajstić information content (AvgIpc) is 2.38. The van der Waals surface area contributed by atoms with Crippen molar-refractivity contribution in [3.63, 3.8) is 0 Å². The molecule has 1 atom stereocenters. The van der Waals surface area contributed by atoms with E-state index in [-0.39, 0.29) is 6.23 Å². The fraction of sp³-hybridized carbons (Fsp3) is 0.500. The molecule has 1 aromatic rings. The molecule has 1 fully saturated rings. The van der Waals surface area contributed by atoms with Gasteiger partial charge in [0.15, 0.2) is 0 Å². The fourth-order valence-corrected chi connectivity index (χ4v) is 2.17. The van der Waals surface area contributed by atoms with Gasteiger partial charge in [-0.25, -0.2) is 4.79 Å². The first kappa shape index (κ1) is 12.9. The third-order valence-corrected chi connectivity index (χ3v) is 3.26. The van der Waals surface area contributed by atoms with Crippen molar-refractivity contribution < 1.29 is 14.6 Å². The number of ether oxygens (including phenoxy) is 1. The van der Waals surface area contributed by atoms with Crippen molar-refractivity contribution in [2.45, 2.75) is 39.0 Å². The zero-order valence-electron chi connectivity index (χ0n) is 10.6. The summed E-state index contributed by atoms with van der Waals surface area (Å²) in [6, 6.07) is 8.11. The Hall–Kier alpha value is -1.55. The molecule has 0 saturated carbocycles. The fourth-order valence-electron chi connectivity index (χ4n) is 2.17. The molecular weight excluding hydrogens is 230 g/mol. The molecule has 1 N–H and O–H groups in total. The number of hydrogen-bond donors (Lipinski definition) is 1. The predicted octanol–water partition coefficient (Wildman–Crippen LogP) is 3.00. The second-order valence-corrected chi connectivity index (χ2v) is 4.72. The summed E-state index contributed by atoms with van der Waals surface area (Å²) in [5.74, 6) is 0. The SMILES string of the molecule is Cc1ccc(COC2CCCCN2C(=O)O)cc1. The summed E-state index contributed by atoms with van der Waals surface area (Å²) in [4.78, 5) is 12.5. The molecule has 1 aliphatic heterocycles. The van der Waals surface area contributed by atoms with Gasteiger partial charge >= 0.3 is 6.09 Å². The van der Waals surface area contributed by atoms with Crippen molar-refractivity contribution >= 4 is 6.09 Å². The minimum Gasteiger partial charge on any atom is -0.465 e. The molecule has 1 amide bonds. The van der Waals surface area contributed by atoms with Crippen LogP contribution in [0.1, 0.15) is 30.4 Å². The number of rotatable bonds is 3. The minimum atomic E-state index is -0.886. The summed E-state index contributed by atoms with van der Waals surface area (Å²) in [6.07, 6.45) is 1.57. The van der Waals surface area contributed by atoms with E-state index in [1.807, 2.05) is 31.2 Å². The van der Waals surface area contributed by atoms with E-state index < -0.39 is 6.09 Å². The van der Waals surface area contributed by atoms with E-state index in [9.17, 15) is 4.79 Å². The van der Waals surface area contributed by atoms with Crippen LogP contribution in [-0.2, 0) is 11.3 Å². The maximum atomic E-state index is 11.1. The lowest BCUT2D eigenvalue weighted by atomic mass is 10.1. The van der Waals surface area contributed by atoms with Gasteiger partial charge < -0.3 is 9.84 Å². The van der Waals surface area contributed by atoms with Gasteiger partial charge in [-0.1, -0.05) is 29.8 Å². The van der Waals surface area contributed by atoms with Crippen LogP contribution in [0.3, 0.4) is 0 Å². The molecule has 0 aromatic heterocycles. The lowest BCUT2D eigenvalue weighted by molar-refractivity contribution is -0.0745. The Morgan fingerprint density at radius 1 is 1.39 bits per heavy atom. The van der Waals surface area contributed by atoms with E-state index in [4.69, 9.17) is 9.84 Å². The van der Waals surface area contributed by atoms with Crippen molar-refractivity contribution in [2.24, 2.45) is 0 Å². The van der Waals surface area contributed by atoms with Crippen LogP contribution >= 0.6 is 0 Å². The van der Waals surface area contributed by atoms with Crippen molar-refractivity contribution in [1.29, 1.82) is 0 Å². The molecular formula is C14H19NO3. The van der Waals surface area contributed by atoms with E-state index in [1.165, 1.54) is 10.5 Å². The number of likely N-dealkylation sites (tertiary alicyclic amines) is 1. The Morgan fingerprint density at radius 2 is 2.11 bits per heavy atom. The molecule has 1 aliphatic rings. The molecule has 0 spiro atoms. The molecule has 0 radical (unpaired) electrons. The number of benzene rings is 1. The molecule has 1 heterocycles. The summed E-state index contributed by atoms with van der Waals surface area (Å²) >= 11 is 0. The van der Waals surface area contributed by atoms with Gasteiger partial charge in [-0.05, 0) is 31.7 Å². The highest BCUT2D eigenvalue weighted by molar-refractivity contribution is 5.65. The van der Waals surface area contributed by atoms with Gasteiger partial charge in [-0.2, -0.15) is 0 Å². The van der Waals surface area contributed by atoms with Crippen LogP contribution in [0, 0.1) is 6.92 Å². The number of carboxylic acid groups (broad SMARTS) is 1. The number of piperidine rings is 1. The van der Waals surface area contributed by atoms with Gasteiger partial charge in [-0.15, -0.1) is 0 Å². The molecule has 1 aromatic carbocycles. The van der Waals surface area contributed by atoms with Gasteiger partial charge in [0, 0.05) is 6.54 Å². The molecule has 0 aliphatic carbocycles. The maximum Gasteiger partial charge on any atom is 0.409 e. The Morgan fingerprint density at radius 3 is 2.78 bits per heavy atom. The Kier molecular flexibility index (Phi) is 4.20. The van der Waals surface area contributed by atoms with Gasteiger partial charge in [0.1, 0.15) is 6.23 Å². The number of carbonyl (C=O) groups is 1. The van der Waals surface area contributed by atoms with Crippen LogP contribution in [0.2, 0.25) is 0 Å². The number of aryl methyl sites for hydroxylation is 1. The summed E-state index contributed by atoms with van der Waals surface area (Å²) in [6.45, 7) is 3.08. The number of amides is 1. The van der Waals surface area contributed by atoms with Crippen molar-refractivity contribution in [3.05, 3.63) is 35.4 Å². The molecule has 1 unspecified atom stereocenters. The maximum absolute atomic E-state index is 11.1. The topological polar surface area (TPSA) is 49.8 Å². The zero-order chi connectivity index (χ0) is 13.0. The molecule has 98 valence electrons. The van der Waals surface area contributed by atoms with E-state index >= 15 is 0 Å². The monoisotopic (exact) mass is 249 g/mol. The van der Waals surface area contributed by atoms with Crippen LogP contribution in [0.15, 0.2) is 24.3 Å². The minimum absolute atomic E-state index is 0.294. The van der Waals surface area contributed by atoms with E-state index in [0.717, 1.165) is 24.8 Å². The summed E-state index contributed by atoms with van der Waals surface area (Å²) in [5, 5.41) is 9.09.